The molecule has 2 unspecified atom stereocenters. The van der Waals surface area contributed by atoms with E-state index in [9.17, 15) is 9.59 Å². The molecule has 2 aliphatic rings. The summed E-state index contributed by atoms with van der Waals surface area (Å²) in [7, 11) is 3.13. The van der Waals surface area contributed by atoms with Crippen LogP contribution in [0.25, 0.3) is 0 Å². The molecule has 0 aliphatic carbocycles. The third-order valence-corrected chi connectivity index (χ3v) is 5.38. The van der Waals surface area contributed by atoms with Gasteiger partial charge in [-0.1, -0.05) is 0 Å². The van der Waals surface area contributed by atoms with E-state index < -0.39 is 5.60 Å². The number of carbonyl (C=O) groups is 2. The third-order valence-electron chi connectivity index (χ3n) is 5.38. The number of Topliss-reactive ketones (excluding diaryl/α,β-unsaturated/α-hetero) is 1. The van der Waals surface area contributed by atoms with Crippen molar-refractivity contribution in [1.29, 1.82) is 0 Å². The Labute approximate surface area is 160 Å². The number of carbonyl (C=O) groups excluding carboxylic acids is 2. The summed E-state index contributed by atoms with van der Waals surface area (Å²) in [5.74, 6) is 1.18. The van der Waals surface area contributed by atoms with E-state index in [-0.39, 0.29) is 29.9 Å². The van der Waals surface area contributed by atoms with Gasteiger partial charge in [0.05, 0.1) is 14.2 Å². The van der Waals surface area contributed by atoms with Crippen LogP contribution in [0.4, 0.5) is 4.79 Å². The van der Waals surface area contributed by atoms with Crippen molar-refractivity contribution in [3.05, 3.63) is 23.8 Å². The first kappa shape index (κ1) is 19.5. The highest BCUT2D eigenvalue weighted by Crippen LogP contribution is 2.41. The van der Waals surface area contributed by atoms with Crippen LogP contribution in [0.15, 0.2) is 18.2 Å². The molecule has 2 fully saturated rings. The molecule has 1 aromatic rings. The molecule has 6 nitrogen and oxygen atoms in total. The lowest BCUT2D eigenvalue weighted by Crippen LogP contribution is -2.49. The van der Waals surface area contributed by atoms with Gasteiger partial charge in [-0.3, -0.25) is 4.79 Å². The van der Waals surface area contributed by atoms with Gasteiger partial charge in [0.2, 0.25) is 0 Å². The van der Waals surface area contributed by atoms with Crippen LogP contribution in [0.3, 0.4) is 0 Å². The van der Waals surface area contributed by atoms with Gasteiger partial charge in [-0.2, -0.15) is 0 Å². The number of ether oxygens (including phenoxy) is 3. The average molecular weight is 375 g/mol. The molecule has 27 heavy (non-hydrogen) atoms. The molecule has 2 atom stereocenters. The molecule has 2 heterocycles. The van der Waals surface area contributed by atoms with Crippen molar-refractivity contribution in [2.24, 2.45) is 5.92 Å². The zero-order valence-electron chi connectivity index (χ0n) is 16.8. The summed E-state index contributed by atoms with van der Waals surface area (Å²) in [4.78, 5) is 27.5. The number of amides is 1. The first-order chi connectivity index (χ1) is 12.7. The Morgan fingerprint density at radius 3 is 2.11 bits per heavy atom. The van der Waals surface area contributed by atoms with Crippen molar-refractivity contribution in [2.45, 2.75) is 64.1 Å². The first-order valence-corrected chi connectivity index (χ1v) is 9.51. The Hall–Kier alpha value is -2.24. The van der Waals surface area contributed by atoms with Crippen LogP contribution in [-0.4, -0.2) is 48.7 Å². The maximum atomic E-state index is 13.1. The average Bonchev–Trinajstić information content (AvgIpc) is 2.89. The van der Waals surface area contributed by atoms with E-state index in [0.29, 0.717) is 29.9 Å². The summed E-state index contributed by atoms with van der Waals surface area (Å²) in [6.07, 6.45) is 2.97. The number of piperidine rings is 1. The second kappa shape index (κ2) is 7.41. The SMILES string of the molecule is COc1ccc(C(=O)C2CC3CCC(C2)N3C(=O)OC(C)(C)C)cc1OC. The highest BCUT2D eigenvalue weighted by molar-refractivity contribution is 5.98. The molecule has 2 saturated heterocycles. The molecule has 1 amide bonds. The molecule has 0 N–H and O–H groups in total. The van der Waals surface area contributed by atoms with E-state index in [1.54, 1.807) is 32.4 Å². The highest BCUT2D eigenvalue weighted by atomic mass is 16.6. The Morgan fingerprint density at radius 1 is 1.00 bits per heavy atom. The summed E-state index contributed by atoms with van der Waals surface area (Å²) < 4.78 is 16.1. The van der Waals surface area contributed by atoms with Crippen molar-refractivity contribution < 1.29 is 23.8 Å². The van der Waals surface area contributed by atoms with Gasteiger partial charge in [0.15, 0.2) is 17.3 Å². The monoisotopic (exact) mass is 375 g/mol. The molecular formula is C21H29NO5. The maximum absolute atomic E-state index is 13.1. The summed E-state index contributed by atoms with van der Waals surface area (Å²) in [6, 6.07) is 5.44. The number of hydrogen-bond donors (Lipinski definition) is 0. The molecule has 0 spiro atoms. The number of rotatable bonds is 4. The number of hydrogen-bond acceptors (Lipinski definition) is 5. The van der Waals surface area contributed by atoms with Crippen molar-refractivity contribution >= 4 is 11.9 Å². The molecule has 2 bridgehead atoms. The second-order valence-electron chi connectivity index (χ2n) is 8.37. The predicted octanol–water partition coefficient (Wildman–Crippen LogP) is 4.06. The van der Waals surface area contributed by atoms with Gasteiger partial charge in [0, 0.05) is 23.6 Å². The standard InChI is InChI=1S/C21H29NO5/c1-21(2,3)27-20(24)22-15-7-8-16(22)11-14(10-15)19(23)13-6-9-17(25-4)18(12-13)26-5/h6,9,12,14-16H,7-8,10-11H2,1-5H3. The van der Waals surface area contributed by atoms with Gasteiger partial charge in [0.25, 0.3) is 0 Å². The minimum atomic E-state index is -0.511. The largest absolute Gasteiger partial charge is 0.493 e. The molecule has 0 saturated carbocycles. The number of nitrogens with zero attached hydrogens (tertiary/aromatic N) is 1. The van der Waals surface area contributed by atoms with Gasteiger partial charge in [-0.15, -0.1) is 0 Å². The van der Waals surface area contributed by atoms with Crippen LogP contribution >= 0.6 is 0 Å². The number of ketones is 1. The van der Waals surface area contributed by atoms with Crippen molar-refractivity contribution in [1.82, 2.24) is 4.90 Å². The molecule has 6 heteroatoms. The summed E-state index contributed by atoms with van der Waals surface area (Å²) in [5, 5.41) is 0. The minimum Gasteiger partial charge on any atom is -0.493 e. The van der Waals surface area contributed by atoms with Gasteiger partial charge < -0.3 is 19.1 Å². The summed E-state index contributed by atoms with van der Waals surface area (Å²) in [6.45, 7) is 5.63. The fourth-order valence-electron chi connectivity index (χ4n) is 4.23. The van der Waals surface area contributed by atoms with Gasteiger partial charge >= 0.3 is 6.09 Å². The van der Waals surface area contributed by atoms with E-state index in [4.69, 9.17) is 14.2 Å². The van der Waals surface area contributed by atoms with Crippen LogP contribution < -0.4 is 9.47 Å². The molecule has 1 aromatic carbocycles. The molecule has 148 valence electrons. The topological polar surface area (TPSA) is 65.1 Å². The van der Waals surface area contributed by atoms with Crippen LogP contribution in [0.5, 0.6) is 11.5 Å². The Balaban J connectivity index is 1.73. The normalized spacial score (nSPS) is 24.5. The Kier molecular flexibility index (Phi) is 5.36. The van der Waals surface area contributed by atoms with E-state index in [1.807, 2.05) is 25.7 Å². The van der Waals surface area contributed by atoms with Gasteiger partial charge in [0.1, 0.15) is 5.60 Å². The van der Waals surface area contributed by atoms with Crippen LogP contribution in [0.1, 0.15) is 56.8 Å². The van der Waals surface area contributed by atoms with Gasteiger partial charge in [-0.05, 0) is 64.7 Å². The third kappa shape index (κ3) is 4.04. The lowest BCUT2D eigenvalue weighted by atomic mass is 9.85. The zero-order valence-corrected chi connectivity index (χ0v) is 16.8. The second-order valence-corrected chi connectivity index (χ2v) is 8.37. The minimum absolute atomic E-state index is 0.0766. The fourth-order valence-corrected chi connectivity index (χ4v) is 4.23. The van der Waals surface area contributed by atoms with E-state index in [0.717, 1.165) is 12.8 Å². The lowest BCUT2D eigenvalue weighted by Gasteiger charge is -2.39. The summed E-state index contributed by atoms with van der Waals surface area (Å²) in [5.41, 5.74) is 0.116. The number of fused-ring (bicyclic) bond motifs is 2. The van der Waals surface area contributed by atoms with Crippen LogP contribution in [-0.2, 0) is 4.74 Å². The van der Waals surface area contributed by atoms with E-state index in [2.05, 4.69) is 0 Å². The van der Waals surface area contributed by atoms with Crippen LogP contribution in [0.2, 0.25) is 0 Å². The molecule has 0 aromatic heterocycles. The predicted molar refractivity (Wildman–Crippen MR) is 101 cm³/mol. The Morgan fingerprint density at radius 2 is 1.59 bits per heavy atom. The molecular weight excluding hydrogens is 346 g/mol. The first-order valence-electron chi connectivity index (χ1n) is 9.51. The lowest BCUT2D eigenvalue weighted by molar-refractivity contribution is 0.00254. The smallest absolute Gasteiger partial charge is 0.410 e. The maximum Gasteiger partial charge on any atom is 0.410 e. The molecule has 2 aliphatic heterocycles. The summed E-state index contributed by atoms with van der Waals surface area (Å²) >= 11 is 0. The van der Waals surface area contributed by atoms with Gasteiger partial charge in [-0.25, -0.2) is 4.79 Å². The van der Waals surface area contributed by atoms with Crippen molar-refractivity contribution in [2.75, 3.05) is 14.2 Å². The van der Waals surface area contributed by atoms with Crippen molar-refractivity contribution in [3.63, 3.8) is 0 Å². The highest BCUT2D eigenvalue weighted by Gasteiger charge is 2.46. The molecule has 0 radical (unpaired) electrons. The van der Waals surface area contributed by atoms with E-state index in [1.165, 1.54) is 0 Å². The van der Waals surface area contributed by atoms with Crippen LogP contribution in [0, 0.1) is 5.92 Å². The quantitative estimate of drug-likeness (QED) is 0.743. The number of methoxy groups -OCH3 is 2. The number of benzene rings is 1. The molecule has 3 rings (SSSR count). The fraction of sp³-hybridized carbons (Fsp3) is 0.619. The van der Waals surface area contributed by atoms with E-state index >= 15 is 0 Å². The van der Waals surface area contributed by atoms with Crippen molar-refractivity contribution in [3.8, 4) is 11.5 Å². The Bertz CT molecular complexity index is 710. The zero-order chi connectivity index (χ0) is 19.8.